The average Bonchev–Trinajstić information content (AvgIpc) is 2.18. The summed E-state index contributed by atoms with van der Waals surface area (Å²) in [5.74, 6) is 0. The minimum absolute atomic E-state index is 0.743. The second-order valence-corrected chi connectivity index (χ2v) is 1.95. The van der Waals surface area contributed by atoms with E-state index >= 15 is 0 Å². The Bertz CT molecular complexity index is 70.3. The molecule has 0 unspecified atom stereocenters. The molecule has 0 bridgehead atoms. The summed E-state index contributed by atoms with van der Waals surface area (Å²) in [4.78, 5) is 14.1. The molecule has 0 saturated carbocycles. The zero-order chi connectivity index (χ0) is 10.5. The zero-order valence-corrected chi connectivity index (χ0v) is 9.29. The van der Waals surface area contributed by atoms with Crippen LogP contribution in [-0.2, 0) is 14.5 Å². The van der Waals surface area contributed by atoms with Crippen LogP contribution in [0.4, 0.5) is 0 Å². The van der Waals surface area contributed by atoms with Crippen LogP contribution in [0.15, 0.2) is 0 Å². The molecule has 1 N–H and O–H groups in total. The lowest BCUT2D eigenvalue weighted by atomic mass is 10.8. The zero-order valence-electron chi connectivity index (χ0n) is 9.29. The molecular formula is C8H22N2O3. The molecule has 13 heavy (non-hydrogen) atoms. The lowest BCUT2D eigenvalue weighted by Crippen LogP contribution is -2.19. The van der Waals surface area contributed by atoms with E-state index in [1.54, 1.807) is 14.2 Å². The molecular weight excluding hydrogens is 172 g/mol. The van der Waals surface area contributed by atoms with Crippen LogP contribution in [-0.4, -0.2) is 39.1 Å². The maximum Gasteiger partial charge on any atom is 0.0653 e. The van der Waals surface area contributed by atoms with E-state index in [2.05, 4.69) is 15.2 Å². The summed E-state index contributed by atoms with van der Waals surface area (Å²) in [5.41, 5.74) is 2.70. The number of rotatable bonds is 6. The molecule has 0 aromatic carbocycles. The van der Waals surface area contributed by atoms with Gasteiger partial charge in [-0.2, -0.15) is 0 Å². The molecule has 0 fully saturated rings. The maximum absolute atomic E-state index is 4.73. The summed E-state index contributed by atoms with van der Waals surface area (Å²) in [6.45, 7) is 8.25. The van der Waals surface area contributed by atoms with Crippen LogP contribution in [0.3, 0.4) is 0 Å². The molecule has 0 spiro atoms. The number of nitrogens with zero attached hydrogens (tertiary/aromatic N) is 1. The van der Waals surface area contributed by atoms with Crippen molar-refractivity contribution in [3.05, 3.63) is 0 Å². The van der Waals surface area contributed by atoms with E-state index in [0.717, 1.165) is 19.7 Å². The van der Waals surface area contributed by atoms with Crippen molar-refractivity contribution in [3.8, 4) is 0 Å². The normalized spacial score (nSPS) is 9.69. The van der Waals surface area contributed by atoms with E-state index < -0.39 is 0 Å². The number of hydrogen-bond acceptors (Lipinski definition) is 5. The lowest BCUT2D eigenvalue weighted by molar-refractivity contribution is -0.339. The van der Waals surface area contributed by atoms with Gasteiger partial charge in [-0.05, 0) is 13.8 Å². The quantitative estimate of drug-likeness (QED) is 0.504. The predicted octanol–water partition coefficient (Wildman–Crippen LogP) is 0.978. The fraction of sp³-hybridized carbons (Fsp3) is 1.00. The molecule has 0 atom stereocenters. The van der Waals surface area contributed by atoms with Crippen LogP contribution >= 0.6 is 0 Å². The van der Waals surface area contributed by atoms with Gasteiger partial charge in [0.25, 0.3) is 0 Å². The molecule has 5 nitrogen and oxygen atoms in total. The van der Waals surface area contributed by atoms with Crippen molar-refractivity contribution in [2.24, 2.45) is 0 Å². The topological polar surface area (TPSA) is 43.0 Å². The van der Waals surface area contributed by atoms with Gasteiger partial charge in [0.1, 0.15) is 0 Å². The van der Waals surface area contributed by atoms with Crippen molar-refractivity contribution in [2.45, 2.75) is 20.8 Å². The molecule has 0 aromatic heterocycles. The van der Waals surface area contributed by atoms with E-state index in [9.17, 15) is 0 Å². The van der Waals surface area contributed by atoms with E-state index in [4.69, 9.17) is 4.84 Å². The first-order valence-electron chi connectivity index (χ1n) is 4.47. The van der Waals surface area contributed by atoms with Crippen molar-refractivity contribution in [1.29, 1.82) is 0 Å². The average molecular weight is 194 g/mol. The van der Waals surface area contributed by atoms with Gasteiger partial charge in [-0.15, -0.1) is 0 Å². The Morgan fingerprint density at radius 1 is 1.08 bits per heavy atom. The molecule has 5 heteroatoms. The van der Waals surface area contributed by atoms with Crippen LogP contribution < -0.4 is 5.48 Å². The van der Waals surface area contributed by atoms with E-state index in [0.29, 0.717) is 0 Å². The first-order valence-corrected chi connectivity index (χ1v) is 4.47. The Labute approximate surface area is 80.8 Å². The molecule has 0 radical (unpaired) electrons. The first-order chi connectivity index (χ1) is 6.26. The lowest BCUT2D eigenvalue weighted by Gasteiger charge is -2.11. The molecule has 0 aliphatic carbocycles. The minimum Gasteiger partial charge on any atom is -0.302 e. The molecule has 0 rings (SSSR count). The third-order valence-corrected chi connectivity index (χ3v) is 1.06. The molecule has 0 aliphatic rings. The van der Waals surface area contributed by atoms with Gasteiger partial charge in [-0.25, -0.2) is 5.48 Å². The summed E-state index contributed by atoms with van der Waals surface area (Å²) in [7, 11) is 3.12. The molecule has 0 amide bonds. The van der Waals surface area contributed by atoms with E-state index in [-0.39, 0.29) is 0 Å². The van der Waals surface area contributed by atoms with Crippen molar-refractivity contribution in [1.82, 2.24) is 10.7 Å². The van der Waals surface area contributed by atoms with Crippen molar-refractivity contribution in [2.75, 3.05) is 33.9 Å². The SMILES string of the molecule is CCN(OC)OC.CCNOCC. The number of hydrogen-bond donors (Lipinski definition) is 1. The summed E-state index contributed by atoms with van der Waals surface area (Å²) in [6, 6.07) is 0. The monoisotopic (exact) mass is 194 g/mol. The first kappa shape index (κ1) is 15.3. The highest BCUT2D eigenvalue weighted by atomic mass is 16.9. The van der Waals surface area contributed by atoms with Gasteiger partial charge in [0.15, 0.2) is 0 Å². The predicted molar refractivity (Wildman–Crippen MR) is 51.7 cm³/mol. The summed E-state index contributed by atoms with van der Waals surface area (Å²) in [5, 5.41) is 1.38. The van der Waals surface area contributed by atoms with Crippen LogP contribution in [0.5, 0.6) is 0 Å². The Morgan fingerprint density at radius 2 is 1.62 bits per heavy atom. The van der Waals surface area contributed by atoms with Crippen molar-refractivity contribution in [3.63, 3.8) is 0 Å². The third-order valence-electron chi connectivity index (χ3n) is 1.06. The fourth-order valence-corrected chi connectivity index (χ4v) is 0.537. The highest BCUT2D eigenvalue weighted by Gasteiger charge is 1.90. The van der Waals surface area contributed by atoms with Crippen LogP contribution in [0, 0.1) is 0 Å². The maximum atomic E-state index is 4.73. The van der Waals surface area contributed by atoms with Crippen LogP contribution in [0.2, 0.25) is 0 Å². The molecule has 82 valence electrons. The number of hydroxylamine groups is 3. The van der Waals surface area contributed by atoms with Gasteiger partial charge < -0.3 is 4.84 Å². The summed E-state index contributed by atoms with van der Waals surface area (Å²) in [6.07, 6.45) is 0. The van der Waals surface area contributed by atoms with Crippen LogP contribution in [0.1, 0.15) is 20.8 Å². The number of nitrogens with one attached hydrogen (secondary N) is 1. The van der Waals surface area contributed by atoms with E-state index in [1.165, 1.54) is 5.23 Å². The molecule has 0 aromatic rings. The minimum atomic E-state index is 0.743. The molecule has 0 saturated heterocycles. The van der Waals surface area contributed by atoms with Gasteiger partial charge in [-0.1, -0.05) is 12.2 Å². The van der Waals surface area contributed by atoms with E-state index in [1.807, 2.05) is 20.8 Å². The van der Waals surface area contributed by atoms with Gasteiger partial charge >= 0.3 is 0 Å². The Kier molecular flexibility index (Phi) is 16.8. The summed E-state index contributed by atoms with van der Waals surface area (Å²) < 4.78 is 0. The second kappa shape index (κ2) is 14.3. The molecule has 0 heterocycles. The Balaban J connectivity index is 0. The Morgan fingerprint density at radius 3 is 1.69 bits per heavy atom. The summed E-state index contributed by atoms with van der Waals surface area (Å²) >= 11 is 0. The van der Waals surface area contributed by atoms with Gasteiger partial charge in [-0.3, -0.25) is 9.68 Å². The molecule has 0 aliphatic heterocycles. The highest BCUT2D eigenvalue weighted by Crippen LogP contribution is 1.82. The van der Waals surface area contributed by atoms with Crippen molar-refractivity contribution >= 4 is 0 Å². The van der Waals surface area contributed by atoms with Gasteiger partial charge in [0.2, 0.25) is 0 Å². The van der Waals surface area contributed by atoms with Crippen LogP contribution in [0.25, 0.3) is 0 Å². The fourth-order valence-electron chi connectivity index (χ4n) is 0.537. The smallest absolute Gasteiger partial charge is 0.0653 e. The van der Waals surface area contributed by atoms with Gasteiger partial charge in [0.05, 0.1) is 20.8 Å². The third kappa shape index (κ3) is 14.6. The standard InChI is InChI=1S/C4H11NO2.C4H11NO/c1-4-5(6-2)7-3;1-3-5-6-4-2/h4H2,1-3H3;5H,3-4H2,1-2H3. The largest absolute Gasteiger partial charge is 0.302 e. The Hall–Kier alpha value is -0.200. The second-order valence-electron chi connectivity index (χ2n) is 1.95. The van der Waals surface area contributed by atoms with Gasteiger partial charge in [0, 0.05) is 13.1 Å². The highest BCUT2D eigenvalue weighted by molar-refractivity contribution is 4.12. The van der Waals surface area contributed by atoms with Crippen molar-refractivity contribution < 1.29 is 14.5 Å².